The first-order valence-electron chi connectivity index (χ1n) is 8.94. The van der Waals surface area contributed by atoms with Crippen molar-refractivity contribution in [3.05, 3.63) is 75.2 Å². The van der Waals surface area contributed by atoms with Gasteiger partial charge in [0.15, 0.2) is 0 Å². The number of aromatic nitrogens is 3. The van der Waals surface area contributed by atoms with Crippen LogP contribution < -0.4 is 15.6 Å². The summed E-state index contributed by atoms with van der Waals surface area (Å²) in [4.78, 5) is 28.1. The van der Waals surface area contributed by atoms with Gasteiger partial charge in [0.2, 0.25) is 0 Å². The molecule has 0 fully saturated rings. The van der Waals surface area contributed by atoms with Gasteiger partial charge < -0.3 is 20.1 Å². The van der Waals surface area contributed by atoms with Gasteiger partial charge in [-0.25, -0.2) is 4.68 Å². The Balaban J connectivity index is 1.77. The topological polar surface area (TPSA) is 109 Å². The Morgan fingerprint density at radius 3 is 2.67 bits per heavy atom. The number of aromatic hydroxyl groups is 1. The maximum atomic E-state index is 12.8. The van der Waals surface area contributed by atoms with E-state index in [4.69, 9.17) is 16.3 Å². The third-order valence-corrected chi connectivity index (χ3v) is 4.87. The van der Waals surface area contributed by atoms with Crippen molar-refractivity contribution < 1.29 is 14.6 Å². The van der Waals surface area contributed by atoms with Gasteiger partial charge in [-0.15, -0.1) is 0 Å². The van der Waals surface area contributed by atoms with E-state index in [9.17, 15) is 14.7 Å². The highest BCUT2D eigenvalue weighted by molar-refractivity contribution is 6.31. The van der Waals surface area contributed by atoms with E-state index in [1.165, 1.54) is 24.1 Å². The fraction of sp³-hybridized carbons (Fsp3) is 0.0952. The van der Waals surface area contributed by atoms with Gasteiger partial charge in [-0.3, -0.25) is 9.59 Å². The van der Waals surface area contributed by atoms with Gasteiger partial charge in [-0.2, -0.15) is 5.10 Å². The molecule has 3 N–H and O–H groups in total. The van der Waals surface area contributed by atoms with Crippen molar-refractivity contribution in [1.82, 2.24) is 14.8 Å². The number of carbonyl (C=O) groups is 1. The molecule has 152 valence electrons. The number of nitrogens with one attached hydrogen (secondary N) is 2. The van der Waals surface area contributed by atoms with E-state index in [1.54, 1.807) is 12.1 Å². The predicted octanol–water partition coefficient (Wildman–Crippen LogP) is 3.64. The number of benzene rings is 2. The Kier molecular flexibility index (Phi) is 4.93. The third-order valence-electron chi connectivity index (χ3n) is 4.64. The van der Waals surface area contributed by atoms with Crippen molar-refractivity contribution in [3.8, 4) is 17.2 Å². The number of ether oxygens (including phenoxy) is 1. The van der Waals surface area contributed by atoms with Gasteiger partial charge in [-0.05, 0) is 37.3 Å². The number of amides is 1. The lowest BCUT2D eigenvalue weighted by Gasteiger charge is -2.11. The van der Waals surface area contributed by atoms with Crippen LogP contribution in [0, 0.1) is 6.92 Å². The molecule has 2 aromatic carbocycles. The van der Waals surface area contributed by atoms with Crippen LogP contribution in [-0.2, 0) is 0 Å². The van der Waals surface area contributed by atoms with E-state index >= 15 is 0 Å². The Morgan fingerprint density at radius 2 is 1.97 bits per heavy atom. The van der Waals surface area contributed by atoms with Crippen LogP contribution in [0.25, 0.3) is 16.7 Å². The summed E-state index contributed by atoms with van der Waals surface area (Å²) in [5.74, 6) is -0.915. The van der Waals surface area contributed by atoms with Crippen LogP contribution in [0.3, 0.4) is 0 Å². The van der Waals surface area contributed by atoms with Crippen LogP contribution in [0.1, 0.15) is 15.9 Å². The summed E-state index contributed by atoms with van der Waals surface area (Å²) in [6.45, 7) is 1.96. The number of aryl methyl sites for hydroxylation is 1. The first-order valence-corrected chi connectivity index (χ1v) is 9.31. The summed E-state index contributed by atoms with van der Waals surface area (Å²) < 4.78 is 6.68. The smallest absolute Gasteiger partial charge is 0.266 e. The molecule has 4 aromatic rings. The molecule has 1 amide bonds. The largest absolute Gasteiger partial charge is 0.506 e. The molecule has 0 unspecified atom stereocenters. The van der Waals surface area contributed by atoms with E-state index in [1.807, 2.05) is 31.2 Å². The van der Waals surface area contributed by atoms with E-state index in [2.05, 4.69) is 15.4 Å². The Hall–Kier alpha value is -3.78. The molecule has 0 spiro atoms. The number of H-pyrrole nitrogens is 1. The monoisotopic (exact) mass is 424 g/mol. The molecule has 0 atom stereocenters. The van der Waals surface area contributed by atoms with Gasteiger partial charge in [0, 0.05) is 5.02 Å². The molecular weight excluding hydrogens is 408 g/mol. The lowest BCUT2D eigenvalue weighted by molar-refractivity contribution is 0.102. The molecule has 2 heterocycles. The van der Waals surface area contributed by atoms with Crippen molar-refractivity contribution in [2.24, 2.45) is 0 Å². The van der Waals surface area contributed by atoms with E-state index in [0.29, 0.717) is 16.5 Å². The summed E-state index contributed by atoms with van der Waals surface area (Å²) in [6, 6.07) is 12.1. The zero-order valence-electron chi connectivity index (χ0n) is 16.1. The minimum Gasteiger partial charge on any atom is -0.506 e. The van der Waals surface area contributed by atoms with E-state index in [0.717, 1.165) is 5.56 Å². The summed E-state index contributed by atoms with van der Waals surface area (Å²) in [5, 5.41) is 18.1. The average Bonchev–Trinajstić information content (AvgIpc) is 3.13. The summed E-state index contributed by atoms with van der Waals surface area (Å²) >= 11 is 5.98. The first-order chi connectivity index (χ1) is 14.4. The first kappa shape index (κ1) is 19.5. The molecule has 0 radical (unpaired) electrons. The van der Waals surface area contributed by atoms with Crippen LogP contribution in [0.15, 0.2) is 53.5 Å². The second kappa shape index (κ2) is 7.57. The number of anilines is 1. The second-order valence-corrected chi connectivity index (χ2v) is 7.07. The maximum absolute atomic E-state index is 12.8. The van der Waals surface area contributed by atoms with Gasteiger partial charge in [0.05, 0.1) is 30.1 Å². The van der Waals surface area contributed by atoms with Crippen molar-refractivity contribution in [1.29, 1.82) is 0 Å². The Bertz CT molecular complexity index is 1330. The molecule has 0 aliphatic heterocycles. The number of aromatic amines is 1. The molecule has 0 aliphatic carbocycles. The highest BCUT2D eigenvalue weighted by Crippen LogP contribution is 2.30. The number of fused-ring (bicyclic) bond motifs is 1. The molecule has 0 bridgehead atoms. The van der Waals surface area contributed by atoms with E-state index in [-0.39, 0.29) is 16.7 Å². The highest BCUT2D eigenvalue weighted by atomic mass is 35.5. The summed E-state index contributed by atoms with van der Waals surface area (Å²) in [6.07, 6.45) is 1.39. The molecule has 0 saturated carbocycles. The second-order valence-electron chi connectivity index (χ2n) is 6.63. The van der Waals surface area contributed by atoms with Crippen LogP contribution in [0.2, 0.25) is 5.02 Å². The SMILES string of the molecule is COc1ccc(Cl)cc1NC(=O)c1c(O)c2cnn(-c3ccc(C)cc3)c2[nH]c1=O. The number of rotatable bonds is 4. The van der Waals surface area contributed by atoms with Crippen molar-refractivity contribution in [3.63, 3.8) is 0 Å². The number of hydrogen-bond donors (Lipinski definition) is 3. The molecule has 30 heavy (non-hydrogen) atoms. The molecule has 0 saturated heterocycles. The molecule has 8 nitrogen and oxygen atoms in total. The Morgan fingerprint density at radius 1 is 1.23 bits per heavy atom. The summed E-state index contributed by atoms with van der Waals surface area (Å²) in [5.41, 5.74) is 1.12. The number of pyridine rings is 1. The fourth-order valence-electron chi connectivity index (χ4n) is 3.11. The van der Waals surface area contributed by atoms with Crippen LogP contribution in [0.5, 0.6) is 11.5 Å². The van der Waals surface area contributed by atoms with Crippen molar-refractivity contribution >= 4 is 34.2 Å². The summed E-state index contributed by atoms with van der Waals surface area (Å²) in [7, 11) is 1.44. The Labute approximate surface area is 175 Å². The van der Waals surface area contributed by atoms with Gasteiger partial charge in [0.1, 0.15) is 22.7 Å². The lowest BCUT2D eigenvalue weighted by Crippen LogP contribution is -2.24. The third kappa shape index (κ3) is 3.37. The number of hydrogen-bond acceptors (Lipinski definition) is 5. The highest BCUT2D eigenvalue weighted by Gasteiger charge is 2.22. The van der Waals surface area contributed by atoms with Crippen LogP contribution >= 0.6 is 11.6 Å². The van der Waals surface area contributed by atoms with Gasteiger partial charge in [-0.1, -0.05) is 29.3 Å². The van der Waals surface area contributed by atoms with Crippen molar-refractivity contribution in [2.75, 3.05) is 12.4 Å². The minimum atomic E-state index is -0.806. The van der Waals surface area contributed by atoms with Crippen LogP contribution in [-0.4, -0.2) is 32.9 Å². The zero-order chi connectivity index (χ0) is 21.4. The molecule has 9 heteroatoms. The number of methoxy groups -OCH3 is 1. The fourth-order valence-corrected chi connectivity index (χ4v) is 3.28. The quantitative estimate of drug-likeness (QED) is 0.463. The molecule has 0 aliphatic rings. The average molecular weight is 425 g/mol. The number of nitrogens with zero attached hydrogens (tertiary/aromatic N) is 2. The minimum absolute atomic E-state index is 0.235. The normalized spacial score (nSPS) is 10.9. The van der Waals surface area contributed by atoms with Crippen molar-refractivity contribution in [2.45, 2.75) is 6.92 Å². The van der Waals surface area contributed by atoms with E-state index < -0.39 is 22.8 Å². The predicted molar refractivity (Wildman–Crippen MR) is 114 cm³/mol. The number of carbonyl (C=O) groups excluding carboxylic acids is 1. The zero-order valence-corrected chi connectivity index (χ0v) is 16.8. The van der Waals surface area contributed by atoms with Crippen LogP contribution in [0.4, 0.5) is 5.69 Å². The lowest BCUT2D eigenvalue weighted by atomic mass is 10.1. The van der Waals surface area contributed by atoms with Gasteiger partial charge in [0.25, 0.3) is 11.5 Å². The maximum Gasteiger partial charge on any atom is 0.266 e. The molecule has 4 rings (SSSR count). The number of halogens is 1. The molecule has 2 aromatic heterocycles. The van der Waals surface area contributed by atoms with Gasteiger partial charge >= 0.3 is 0 Å². The molecular formula is C21H17ClN4O4. The standard InChI is InChI=1S/C21H17ClN4O4/c1-11-3-6-13(7-4-11)26-19-14(10-23-26)18(27)17(21(29)25-19)20(28)24-15-9-12(22)5-8-16(15)30-2/h3-10H,1-2H3,(H,24,28)(H2,25,27,29).